The van der Waals surface area contributed by atoms with Gasteiger partial charge in [0.1, 0.15) is 5.82 Å². The predicted octanol–water partition coefficient (Wildman–Crippen LogP) is 5.45. The van der Waals surface area contributed by atoms with Crippen LogP contribution in [0.1, 0.15) is 24.6 Å². The van der Waals surface area contributed by atoms with Gasteiger partial charge < -0.3 is 10.3 Å². The van der Waals surface area contributed by atoms with E-state index in [1.54, 1.807) is 6.20 Å². The molecular weight excluding hydrogens is 358 g/mol. The van der Waals surface area contributed by atoms with Gasteiger partial charge in [0.15, 0.2) is 5.13 Å². The third-order valence-electron chi connectivity index (χ3n) is 4.12. The smallest absolute Gasteiger partial charge is 0.325 e. The highest BCUT2D eigenvalue weighted by atomic mass is 32.1. The Balaban J connectivity index is 1.43. The van der Waals surface area contributed by atoms with Gasteiger partial charge in [0.2, 0.25) is 0 Å². The molecule has 2 heterocycles. The number of hydrogen-bond acceptors (Lipinski definition) is 4. The molecule has 2 amide bonds. The number of hydrogen-bond donors (Lipinski definition) is 3. The molecule has 0 unspecified atom stereocenters. The molecule has 27 heavy (non-hydrogen) atoms. The summed E-state index contributed by atoms with van der Waals surface area (Å²) in [6.07, 6.45) is 1.80. The lowest BCUT2D eigenvalue weighted by molar-refractivity contribution is 0.262. The molecular formula is C20H19N5OS. The zero-order chi connectivity index (χ0) is 18.8. The fourth-order valence-electron chi connectivity index (χ4n) is 2.67. The number of thiazole rings is 1. The van der Waals surface area contributed by atoms with Crippen molar-refractivity contribution in [3.8, 4) is 11.4 Å². The number of aromatic nitrogens is 3. The lowest BCUT2D eigenvalue weighted by atomic mass is 10.2. The quantitative estimate of drug-likeness (QED) is 0.442. The summed E-state index contributed by atoms with van der Waals surface area (Å²) in [5.41, 5.74) is 3.59. The minimum atomic E-state index is -0.309. The topological polar surface area (TPSA) is 82.7 Å². The second kappa shape index (κ2) is 7.20. The summed E-state index contributed by atoms with van der Waals surface area (Å²) in [5, 5.41) is 6.18. The van der Waals surface area contributed by atoms with Gasteiger partial charge in [-0.05, 0) is 42.3 Å². The summed E-state index contributed by atoms with van der Waals surface area (Å²) in [6.45, 7) is 4.20. The molecule has 3 N–H and O–H groups in total. The number of carbonyl (C=O) groups excluding carboxylic acids is 1. The van der Waals surface area contributed by atoms with E-state index in [1.165, 1.54) is 11.3 Å². The van der Waals surface area contributed by atoms with Crippen LogP contribution in [0.25, 0.3) is 22.4 Å². The molecule has 4 rings (SSSR count). The third-order valence-corrected chi connectivity index (χ3v) is 5.33. The van der Waals surface area contributed by atoms with E-state index in [-0.39, 0.29) is 6.03 Å². The number of para-hydroxylation sites is 2. The average Bonchev–Trinajstić information content (AvgIpc) is 3.29. The van der Waals surface area contributed by atoms with Gasteiger partial charge in [-0.1, -0.05) is 26.0 Å². The van der Waals surface area contributed by atoms with E-state index >= 15 is 0 Å². The standard InChI is InChI=1S/C20H19N5OS/c1-12(2)17-11-21-20(27-17)25-19(26)22-14-9-7-13(8-10-14)18-23-15-5-3-4-6-16(15)24-18/h3-12H,1-2H3,(H,23,24)(H2,21,22,25,26). The molecule has 7 heteroatoms. The average molecular weight is 377 g/mol. The van der Waals surface area contributed by atoms with Crippen molar-refractivity contribution in [3.63, 3.8) is 0 Å². The number of urea groups is 1. The number of fused-ring (bicyclic) bond motifs is 1. The number of nitrogens with one attached hydrogen (secondary N) is 3. The van der Waals surface area contributed by atoms with E-state index in [9.17, 15) is 4.79 Å². The maximum atomic E-state index is 12.2. The van der Waals surface area contributed by atoms with Crippen molar-refractivity contribution in [1.29, 1.82) is 0 Å². The second-order valence-electron chi connectivity index (χ2n) is 6.48. The first-order valence-electron chi connectivity index (χ1n) is 8.67. The Morgan fingerprint density at radius 2 is 1.85 bits per heavy atom. The molecule has 0 saturated heterocycles. The van der Waals surface area contributed by atoms with Crippen molar-refractivity contribution >= 4 is 39.2 Å². The number of imidazole rings is 1. The molecule has 0 bridgehead atoms. The van der Waals surface area contributed by atoms with Gasteiger partial charge in [-0.2, -0.15) is 0 Å². The largest absolute Gasteiger partial charge is 0.338 e. The van der Waals surface area contributed by atoms with Crippen LogP contribution in [0.5, 0.6) is 0 Å². The van der Waals surface area contributed by atoms with Gasteiger partial charge in [0.05, 0.1) is 11.0 Å². The summed E-state index contributed by atoms with van der Waals surface area (Å²) in [7, 11) is 0. The molecule has 0 radical (unpaired) electrons. The molecule has 2 aromatic carbocycles. The van der Waals surface area contributed by atoms with Crippen LogP contribution in [-0.2, 0) is 0 Å². The first kappa shape index (κ1) is 17.2. The Labute approximate surface area is 160 Å². The van der Waals surface area contributed by atoms with E-state index in [4.69, 9.17) is 0 Å². The normalized spacial score (nSPS) is 11.1. The molecule has 0 atom stereocenters. The van der Waals surface area contributed by atoms with Gasteiger partial charge in [-0.25, -0.2) is 14.8 Å². The monoisotopic (exact) mass is 377 g/mol. The maximum absolute atomic E-state index is 12.2. The zero-order valence-electron chi connectivity index (χ0n) is 15.0. The molecule has 0 aliphatic rings. The molecule has 4 aromatic rings. The van der Waals surface area contributed by atoms with Crippen molar-refractivity contribution < 1.29 is 4.79 Å². The number of H-pyrrole nitrogens is 1. The number of anilines is 2. The second-order valence-corrected chi connectivity index (χ2v) is 7.54. The van der Waals surface area contributed by atoms with E-state index < -0.39 is 0 Å². The fraction of sp³-hybridized carbons (Fsp3) is 0.150. The highest BCUT2D eigenvalue weighted by molar-refractivity contribution is 7.15. The number of rotatable bonds is 4. The summed E-state index contributed by atoms with van der Waals surface area (Å²) in [5.74, 6) is 1.20. The molecule has 0 fully saturated rings. The Morgan fingerprint density at radius 3 is 2.56 bits per heavy atom. The Hall–Kier alpha value is -3.19. The van der Waals surface area contributed by atoms with Gasteiger partial charge >= 0.3 is 6.03 Å². The Morgan fingerprint density at radius 1 is 1.07 bits per heavy atom. The van der Waals surface area contributed by atoms with Crippen LogP contribution < -0.4 is 10.6 Å². The van der Waals surface area contributed by atoms with Crippen molar-refractivity contribution in [2.24, 2.45) is 0 Å². The highest BCUT2D eigenvalue weighted by Gasteiger charge is 2.09. The van der Waals surface area contributed by atoms with Crippen molar-refractivity contribution in [2.75, 3.05) is 10.6 Å². The summed E-state index contributed by atoms with van der Waals surface area (Å²) < 4.78 is 0. The lowest BCUT2D eigenvalue weighted by Crippen LogP contribution is -2.19. The molecule has 0 spiro atoms. The lowest BCUT2D eigenvalue weighted by Gasteiger charge is -2.06. The van der Waals surface area contributed by atoms with Crippen molar-refractivity contribution in [3.05, 3.63) is 59.6 Å². The first-order valence-corrected chi connectivity index (χ1v) is 9.49. The van der Waals surface area contributed by atoms with Gasteiger partial charge in [-0.3, -0.25) is 5.32 Å². The van der Waals surface area contributed by atoms with Crippen LogP contribution in [0.4, 0.5) is 15.6 Å². The number of aromatic amines is 1. The zero-order valence-corrected chi connectivity index (χ0v) is 15.8. The van der Waals surface area contributed by atoms with E-state index in [1.807, 2.05) is 48.5 Å². The van der Waals surface area contributed by atoms with E-state index in [0.29, 0.717) is 16.7 Å². The number of benzene rings is 2. The number of nitrogens with zero attached hydrogens (tertiary/aromatic N) is 2. The Kier molecular flexibility index (Phi) is 4.60. The molecule has 0 aliphatic heterocycles. The minimum Gasteiger partial charge on any atom is -0.338 e. The fourth-order valence-corrected chi connectivity index (χ4v) is 3.49. The predicted molar refractivity (Wildman–Crippen MR) is 110 cm³/mol. The minimum absolute atomic E-state index is 0.309. The van der Waals surface area contributed by atoms with Gasteiger partial charge in [0, 0.05) is 22.3 Å². The van der Waals surface area contributed by atoms with Crippen LogP contribution in [0.15, 0.2) is 54.7 Å². The van der Waals surface area contributed by atoms with Crippen molar-refractivity contribution in [1.82, 2.24) is 15.0 Å². The summed E-state index contributed by atoms with van der Waals surface area (Å²) >= 11 is 1.49. The van der Waals surface area contributed by atoms with Crippen LogP contribution in [0, 0.1) is 0 Å². The number of carbonyl (C=O) groups is 1. The SMILES string of the molecule is CC(C)c1cnc(NC(=O)Nc2ccc(-c3nc4ccccc4[nH]3)cc2)s1. The van der Waals surface area contributed by atoms with Gasteiger partial charge in [0.25, 0.3) is 0 Å². The molecule has 2 aromatic heterocycles. The number of amides is 2. The first-order chi connectivity index (χ1) is 13.1. The van der Waals surface area contributed by atoms with Crippen LogP contribution in [0.2, 0.25) is 0 Å². The van der Waals surface area contributed by atoms with Crippen LogP contribution in [0.3, 0.4) is 0 Å². The van der Waals surface area contributed by atoms with Crippen LogP contribution >= 0.6 is 11.3 Å². The van der Waals surface area contributed by atoms with E-state index in [2.05, 4.69) is 39.4 Å². The maximum Gasteiger partial charge on any atom is 0.325 e. The van der Waals surface area contributed by atoms with Crippen LogP contribution in [-0.4, -0.2) is 21.0 Å². The summed E-state index contributed by atoms with van der Waals surface area (Å²) in [6, 6.07) is 15.1. The van der Waals surface area contributed by atoms with Gasteiger partial charge in [-0.15, -0.1) is 11.3 Å². The molecule has 0 aliphatic carbocycles. The van der Waals surface area contributed by atoms with Crippen molar-refractivity contribution in [2.45, 2.75) is 19.8 Å². The van der Waals surface area contributed by atoms with E-state index in [0.717, 1.165) is 27.3 Å². The third kappa shape index (κ3) is 3.83. The Bertz CT molecular complexity index is 1050. The molecule has 0 saturated carbocycles. The molecule has 6 nitrogen and oxygen atoms in total. The molecule has 136 valence electrons. The summed E-state index contributed by atoms with van der Waals surface area (Å²) in [4.78, 5) is 25.4. The highest BCUT2D eigenvalue weighted by Crippen LogP contribution is 2.25.